The second-order valence-electron chi connectivity index (χ2n) is 5.62. The van der Waals surface area contributed by atoms with Crippen LogP contribution in [0.5, 0.6) is 0 Å². The minimum absolute atomic E-state index is 0.0472. The molecule has 0 unspecified atom stereocenters. The van der Waals surface area contributed by atoms with E-state index in [1.54, 1.807) is 16.0 Å². The highest BCUT2D eigenvalue weighted by Crippen LogP contribution is 2.29. The van der Waals surface area contributed by atoms with Crippen LogP contribution < -0.4 is 4.90 Å². The molecule has 7 heteroatoms. The monoisotopic (exact) mass is 327 g/mol. The number of ether oxygens (including phenoxy) is 1. The molecule has 0 bridgehead atoms. The van der Waals surface area contributed by atoms with Gasteiger partial charge >= 0.3 is 0 Å². The first-order chi connectivity index (χ1) is 11.3. The zero-order valence-electron chi connectivity index (χ0n) is 12.7. The third-order valence-corrected chi connectivity index (χ3v) is 4.61. The molecule has 2 atom stereocenters. The second-order valence-corrected chi connectivity index (χ2v) is 6.40. The van der Waals surface area contributed by atoms with Crippen LogP contribution in [-0.2, 0) is 4.74 Å². The lowest BCUT2D eigenvalue weighted by Gasteiger charge is -2.36. The van der Waals surface area contributed by atoms with Gasteiger partial charge in [0, 0.05) is 6.54 Å². The van der Waals surface area contributed by atoms with Gasteiger partial charge in [0.25, 0.3) is 5.95 Å². The Morgan fingerprint density at radius 2 is 2.04 bits per heavy atom. The summed E-state index contributed by atoms with van der Waals surface area (Å²) in [5.74, 6) is 0.756. The molecule has 0 N–H and O–H groups in total. The summed E-state index contributed by atoms with van der Waals surface area (Å²) in [6, 6.07) is 12.1. The van der Waals surface area contributed by atoms with Gasteiger partial charge in [-0.1, -0.05) is 23.3 Å². The van der Waals surface area contributed by atoms with Crippen LogP contribution in [0, 0.1) is 0 Å². The van der Waals surface area contributed by atoms with Crippen LogP contribution in [0.25, 0.3) is 5.69 Å². The van der Waals surface area contributed by atoms with Gasteiger partial charge in [0.05, 0.1) is 18.3 Å². The first-order valence-electron chi connectivity index (χ1n) is 7.57. The molecule has 3 heterocycles. The number of nitrogens with zero attached hydrogens (tertiary/aromatic N) is 5. The standard InChI is InChI=1S/C16H17N5OS/c1-12-9-20(10-15(22-12)13-7-8-23-11-13)16-17-18-19-21(16)14-5-3-2-4-6-14/h2-8,11-12,15H,9-10H2,1H3/t12-,15+/m1/s1. The molecule has 3 aromatic rings. The molecule has 0 saturated carbocycles. The Bertz CT molecular complexity index is 758. The number of aromatic nitrogens is 4. The van der Waals surface area contributed by atoms with Gasteiger partial charge in [0.1, 0.15) is 6.10 Å². The zero-order valence-corrected chi connectivity index (χ0v) is 13.6. The van der Waals surface area contributed by atoms with Crippen LogP contribution >= 0.6 is 11.3 Å². The summed E-state index contributed by atoms with van der Waals surface area (Å²) in [4.78, 5) is 2.20. The smallest absolute Gasteiger partial charge is 0.250 e. The normalized spacial score (nSPS) is 21.5. The van der Waals surface area contributed by atoms with Gasteiger partial charge in [-0.2, -0.15) is 16.0 Å². The minimum atomic E-state index is 0.0472. The number of hydrogen-bond acceptors (Lipinski definition) is 6. The molecular weight excluding hydrogens is 310 g/mol. The molecule has 4 rings (SSSR count). The summed E-state index contributed by atoms with van der Waals surface area (Å²) in [7, 11) is 0. The molecular formula is C16H17N5OS. The molecule has 2 aromatic heterocycles. The number of anilines is 1. The highest BCUT2D eigenvalue weighted by molar-refractivity contribution is 7.07. The van der Waals surface area contributed by atoms with E-state index >= 15 is 0 Å². The average Bonchev–Trinajstić information content (AvgIpc) is 3.27. The fourth-order valence-electron chi connectivity index (χ4n) is 2.87. The van der Waals surface area contributed by atoms with Gasteiger partial charge < -0.3 is 9.64 Å². The van der Waals surface area contributed by atoms with E-state index in [0.29, 0.717) is 0 Å². The Balaban J connectivity index is 1.64. The second kappa shape index (κ2) is 6.10. The SMILES string of the molecule is C[C@@H]1CN(c2nnnn2-c2ccccc2)C[C@@H](c2ccsc2)O1. The number of para-hydroxylation sites is 1. The Morgan fingerprint density at radius 1 is 1.17 bits per heavy atom. The summed E-state index contributed by atoms with van der Waals surface area (Å²) in [6.07, 6.45) is 0.167. The van der Waals surface area contributed by atoms with E-state index in [1.165, 1.54) is 5.56 Å². The van der Waals surface area contributed by atoms with Crippen LogP contribution in [0.2, 0.25) is 0 Å². The van der Waals surface area contributed by atoms with Gasteiger partial charge in [-0.3, -0.25) is 0 Å². The number of benzene rings is 1. The van der Waals surface area contributed by atoms with Crippen LogP contribution in [-0.4, -0.2) is 39.4 Å². The third kappa shape index (κ3) is 2.85. The molecule has 1 aliphatic rings. The Morgan fingerprint density at radius 3 is 2.83 bits per heavy atom. The van der Waals surface area contributed by atoms with Gasteiger partial charge in [-0.05, 0) is 51.9 Å². The van der Waals surface area contributed by atoms with Crippen LogP contribution in [0.4, 0.5) is 5.95 Å². The molecule has 0 radical (unpaired) electrons. The molecule has 0 aliphatic carbocycles. The lowest BCUT2D eigenvalue weighted by atomic mass is 10.1. The van der Waals surface area contributed by atoms with E-state index < -0.39 is 0 Å². The highest BCUT2D eigenvalue weighted by atomic mass is 32.1. The topological polar surface area (TPSA) is 56.1 Å². The maximum absolute atomic E-state index is 6.09. The molecule has 23 heavy (non-hydrogen) atoms. The van der Waals surface area contributed by atoms with Crippen LogP contribution in [0.15, 0.2) is 47.2 Å². The summed E-state index contributed by atoms with van der Waals surface area (Å²) in [5.41, 5.74) is 2.17. The van der Waals surface area contributed by atoms with Crippen molar-refractivity contribution in [3.05, 3.63) is 52.7 Å². The highest BCUT2D eigenvalue weighted by Gasteiger charge is 2.29. The van der Waals surface area contributed by atoms with E-state index in [-0.39, 0.29) is 12.2 Å². The molecule has 1 aliphatic heterocycles. The number of hydrogen-bond donors (Lipinski definition) is 0. The van der Waals surface area contributed by atoms with Crippen molar-refractivity contribution in [2.24, 2.45) is 0 Å². The number of tetrazole rings is 1. The molecule has 1 saturated heterocycles. The van der Waals surface area contributed by atoms with E-state index in [4.69, 9.17) is 4.74 Å². The maximum Gasteiger partial charge on any atom is 0.250 e. The Kier molecular flexibility index (Phi) is 3.80. The van der Waals surface area contributed by atoms with Crippen molar-refractivity contribution < 1.29 is 4.74 Å². The first-order valence-corrected chi connectivity index (χ1v) is 8.52. The summed E-state index contributed by atoms with van der Waals surface area (Å²) in [6.45, 7) is 3.60. The molecule has 1 aromatic carbocycles. The number of rotatable bonds is 3. The third-order valence-electron chi connectivity index (χ3n) is 3.91. The van der Waals surface area contributed by atoms with E-state index in [1.807, 2.05) is 30.3 Å². The molecule has 6 nitrogen and oxygen atoms in total. The lowest BCUT2D eigenvalue weighted by molar-refractivity contribution is -0.0177. The largest absolute Gasteiger partial charge is 0.367 e. The predicted octanol–water partition coefficient (Wildman–Crippen LogP) is 2.69. The van der Waals surface area contributed by atoms with Crippen molar-refractivity contribution in [3.63, 3.8) is 0 Å². The number of morpholine rings is 1. The van der Waals surface area contributed by atoms with Crippen molar-refractivity contribution in [2.75, 3.05) is 18.0 Å². The zero-order chi connectivity index (χ0) is 15.6. The van der Waals surface area contributed by atoms with Gasteiger partial charge in [0.2, 0.25) is 0 Å². The Hall–Kier alpha value is -2.25. The van der Waals surface area contributed by atoms with Crippen molar-refractivity contribution in [2.45, 2.75) is 19.1 Å². The number of thiophene rings is 1. The first kappa shape index (κ1) is 14.3. The average molecular weight is 327 g/mol. The van der Waals surface area contributed by atoms with Crippen molar-refractivity contribution in [1.82, 2.24) is 20.2 Å². The van der Waals surface area contributed by atoms with Crippen LogP contribution in [0.3, 0.4) is 0 Å². The van der Waals surface area contributed by atoms with Crippen molar-refractivity contribution in [1.29, 1.82) is 0 Å². The summed E-state index contributed by atoms with van der Waals surface area (Å²) in [5, 5.41) is 16.5. The van der Waals surface area contributed by atoms with Gasteiger partial charge in [0.15, 0.2) is 0 Å². The molecule has 118 valence electrons. The molecule has 0 spiro atoms. The molecule has 1 fully saturated rings. The lowest BCUT2D eigenvalue weighted by Crippen LogP contribution is -2.44. The Labute approximate surface area is 138 Å². The fourth-order valence-corrected chi connectivity index (χ4v) is 3.57. The van der Waals surface area contributed by atoms with Gasteiger partial charge in [-0.15, -0.1) is 0 Å². The quantitative estimate of drug-likeness (QED) is 0.740. The van der Waals surface area contributed by atoms with E-state index in [0.717, 1.165) is 24.7 Å². The maximum atomic E-state index is 6.09. The summed E-state index contributed by atoms with van der Waals surface area (Å²) >= 11 is 1.69. The minimum Gasteiger partial charge on any atom is -0.367 e. The fraction of sp³-hybridized carbons (Fsp3) is 0.312. The van der Waals surface area contributed by atoms with Crippen molar-refractivity contribution >= 4 is 17.3 Å². The molecule has 0 amide bonds. The van der Waals surface area contributed by atoms with Gasteiger partial charge in [-0.25, -0.2) is 0 Å². The van der Waals surface area contributed by atoms with Crippen LogP contribution in [0.1, 0.15) is 18.6 Å². The predicted molar refractivity (Wildman–Crippen MR) is 89.0 cm³/mol. The summed E-state index contributed by atoms with van der Waals surface area (Å²) < 4.78 is 7.87. The van der Waals surface area contributed by atoms with E-state index in [9.17, 15) is 0 Å². The van der Waals surface area contributed by atoms with E-state index in [2.05, 4.69) is 44.2 Å². The van der Waals surface area contributed by atoms with Crippen molar-refractivity contribution in [3.8, 4) is 5.69 Å².